The first-order valence-electron chi connectivity index (χ1n) is 7.61. The van der Waals surface area contributed by atoms with Crippen LogP contribution < -0.4 is 0 Å². The van der Waals surface area contributed by atoms with Crippen molar-refractivity contribution in [2.24, 2.45) is 0 Å². The first-order chi connectivity index (χ1) is 12.3. The smallest absolute Gasteiger partial charge is 0.242 e. The molecule has 0 amide bonds. The molecule has 136 valence electrons. The van der Waals surface area contributed by atoms with Crippen LogP contribution in [-0.4, -0.2) is 29.9 Å². The normalized spacial score (nSPS) is 11.8. The highest BCUT2D eigenvalue weighted by atomic mass is 35.5. The van der Waals surface area contributed by atoms with Crippen molar-refractivity contribution in [3.63, 3.8) is 0 Å². The van der Waals surface area contributed by atoms with Crippen molar-refractivity contribution in [2.75, 3.05) is 7.05 Å². The molecule has 3 rings (SSSR count). The summed E-state index contributed by atoms with van der Waals surface area (Å²) >= 11 is 11.9. The Hall–Kier alpha value is -1.93. The van der Waals surface area contributed by atoms with Crippen LogP contribution in [0.4, 0.5) is 0 Å². The lowest BCUT2D eigenvalue weighted by molar-refractivity contribution is 0.336. The predicted octanol–water partition coefficient (Wildman–Crippen LogP) is 4.01. The number of halogens is 2. The SMILES string of the molecule is CN(Cc1nc(-c2ccccc2)no1)S(=O)(=O)Cc1ccc(Cl)cc1Cl. The molecular formula is C17H15Cl2N3O3S. The predicted molar refractivity (Wildman–Crippen MR) is 100 cm³/mol. The lowest BCUT2D eigenvalue weighted by Crippen LogP contribution is -2.28. The maximum atomic E-state index is 12.6. The standard InChI is InChI=1S/C17H15Cl2N3O3S/c1-22(26(23,24)11-13-7-8-14(18)9-15(13)19)10-16-20-17(21-25-16)12-5-3-2-4-6-12/h2-9H,10-11H2,1H3. The third kappa shape index (κ3) is 4.42. The molecule has 0 aliphatic carbocycles. The zero-order chi connectivity index (χ0) is 18.7. The molecule has 1 heterocycles. The average molecular weight is 412 g/mol. The topological polar surface area (TPSA) is 76.3 Å². The summed E-state index contributed by atoms with van der Waals surface area (Å²) in [6, 6.07) is 14.0. The third-order valence-corrected chi connectivity index (χ3v) is 6.03. The summed E-state index contributed by atoms with van der Waals surface area (Å²) in [6.07, 6.45) is 0. The second kappa shape index (κ2) is 7.75. The van der Waals surface area contributed by atoms with Crippen LogP contribution in [0.25, 0.3) is 11.4 Å². The minimum absolute atomic E-state index is 0.0343. The van der Waals surface area contributed by atoms with E-state index in [2.05, 4.69) is 10.1 Å². The van der Waals surface area contributed by atoms with Crippen molar-refractivity contribution in [1.82, 2.24) is 14.4 Å². The van der Waals surface area contributed by atoms with Gasteiger partial charge in [-0.3, -0.25) is 0 Å². The molecule has 0 bridgehead atoms. The number of aromatic nitrogens is 2. The first kappa shape index (κ1) is 18.8. The fourth-order valence-electron chi connectivity index (χ4n) is 2.26. The van der Waals surface area contributed by atoms with Gasteiger partial charge in [0.05, 0.1) is 12.3 Å². The van der Waals surface area contributed by atoms with E-state index in [1.165, 1.54) is 13.1 Å². The highest BCUT2D eigenvalue weighted by Crippen LogP contribution is 2.24. The van der Waals surface area contributed by atoms with Crippen LogP contribution in [0, 0.1) is 0 Å². The van der Waals surface area contributed by atoms with Crippen molar-refractivity contribution in [3.05, 3.63) is 70.0 Å². The van der Waals surface area contributed by atoms with Gasteiger partial charge in [-0.05, 0) is 17.7 Å². The molecule has 0 aliphatic rings. The highest BCUT2D eigenvalue weighted by Gasteiger charge is 2.22. The summed E-state index contributed by atoms with van der Waals surface area (Å²) in [5, 5.41) is 4.64. The molecule has 0 saturated heterocycles. The Kier molecular flexibility index (Phi) is 5.62. The van der Waals surface area contributed by atoms with E-state index in [1.807, 2.05) is 30.3 Å². The average Bonchev–Trinajstić information content (AvgIpc) is 3.07. The fourth-order valence-corrected chi connectivity index (χ4v) is 3.98. The summed E-state index contributed by atoms with van der Waals surface area (Å²) in [6.45, 7) is -0.0343. The van der Waals surface area contributed by atoms with Gasteiger partial charge in [0.2, 0.25) is 21.7 Å². The highest BCUT2D eigenvalue weighted by molar-refractivity contribution is 7.88. The molecule has 0 atom stereocenters. The molecule has 0 aliphatic heterocycles. The molecule has 0 fully saturated rings. The van der Waals surface area contributed by atoms with Gasteiger partial charge in [-0.15, -0.1) is 0 Å². The van der Waals surface area contributed by atoms with E-state index in [0.717, 1.165) is 9.87 Å². The van der Waals surface area contributed by atoms with Crippen LogP contribution >= 0.6 is 23.2 Å². The van der Waals surface area contributed by atoms with Gasteiger partial charge in [-0.1, -0.05) is 64.8 Å². The Bertz CT molecular complexity index is 1010. The van der Waals surface area contributed by atoms with Gasteiger partial charge in [-0.25, -0.2) is 8.42 Å². The zero-order valence-electron chi connectivity index (χ0n) is 13.8. The maximum Gasteiger partial charge on any atom is 0.242 e. The van der Waals surface area contributed by atoms with Gasteiger partial charge in [0.15, 0.2) is 0 Å². The Labute approximate surface area is 161 Å². The summed E-state index contributed by atoms with van der Waals surface area (Å²) < 4.78 is 31.4. The van der Waals surface area contributed by atoms with Crippen molar-refractivity contribution >= 4 is 33.2 Å². The molecule has 6 nitrogen and oxygen atoms in total. The maximum absolute atomic E-state index is 12.6. The van der Waals surface area contributed by atoms with Crippen molar-refractivity contribution < 1.29 is 12.9 Å². The van der Waals surface area contributed by atoms with Crippen molar-refractivity contribution in [2.45, 2.75) is 12.3 Å². The Morgan fingerprint density at radius 2 is 1.85 bits per heavy atom. The molecule has 1 aromatic heterocycles. The molecule has 0 radical (unpaired) electrons. The Balaban J connectivity index is 1.72. The van der Waals surface area contributed by atoms with Gasteiger partial charge < -0.3 is 4.52 Å². The van der Waals surface area contributed by atoms with E-state index in [-0.39, 0.29) is 18.2 Å². The van der Waals surface area contributed by atoms with Crippen LogP contribution in [0.15, 0.2) is 53.1 Å². The fraction of sp³-hybridized carbons (Fsp3) is 0.176. The van der Waals surface area contributed by atoms with Gasteiger partial charge in [0.25, 0.3) is 0 Å². The van der Waals surface area contributed by atoms with Crippen LogP contribution in [0.3, 0.4) is 0 Å². The lowest BCUT2D eigenvalue weighted by Gasteiger charge is -2.15. The van der Waals surface area contributed by atoms with E-state index in [4.69, 9.17) is 27.7 Å². The summed E-state index contributed by atoms with van der Waals surface area (Å²) in [7, 11) is -2.17. The quantitative estimate of drug-likeness (QED) is 0.612. The number of rotatable bonds is 6. The van der Waals surface area contributed by atoms with Crippen LogP contribution in [-0.2, 0) is 22.3 Å². The molecule has 2 aromatic carbocycles. The Morgan fingerprint density at radius 1 is 1.12 bits per heavy atom. The van der Waals surface area contributed by atoms with Gasteiger partial charge in [0.1, 0.15) is 0 Å². The van der Waals surface area contributed by atoms with E-state index >= 15 is 0 Å². The van der Waals surface area contributed by atoms with Crippen LogP contribution in [0.5, 0.6) is 0 Å². The second-order valence-electron chi connectivity index (χ2n) is 5.63. The number of nitrogens with zero attached hydrogens (tertiary/aromatic N) is 3. The molecule has 3 aromatic rings. The number of sulfonamides is 1. The van der Waals surface area contributed by atoms with Gasteiger partial charge in [0, 0.05) is 22.7 Å². The lowest BCUT2D eigenvalue weighted by atomic mass is 10.2. The summed E-state index contributed by atoms with van der Waals surface area (Å²) in [5.41, 5.74) is 1.26. The minimum Gasteiger partial charge on any atom is -0.338 e. The first-order valence-corrected chi connectivity index (χ1v) is 9.97. The molecule has 9 heteroatoms. The summed E-state index contributed by atoms with van der Waals surface area (Å²) in [4.78, 5) is 4.24. The molecule has 26 heavy (non-hydrogen) atoms. The molecular weight excluding hydrogens is 397 g/mol. The number of benzene rings is 2. The largest absolute Gasteiger partial charge is 0.338 e. The van der Waals surface area contributed by atoms with Crippen molar-refractivity contribution in [1.29, 1.82) is 0 Å². The molecule has 0 spiro atoms. The van der Waals surface area contributed by atoms with Crippen molar-refractivity contribution in [3.8, 4) is 11.4 Å². The van der Waals surface area contributed by atoms with Crippen LogP contribution in [0.1, 0.15) is 11.5 Å². The Morgan fingerprint density at radius 3 is 2.54 bits per heavy atom. The van der Waals surface area contributed by atoms with Gasteiger partial charge in [-0.2, -0.15) is 9.29 Å². The summed E-state index contributed by atoms with van der Waals surface area (Å²) in [5.74, 6) is 0.364. The zero-order valence-corrected chi connectivity index (χ0v) is 16.1. The molecule has 0 saturated carbocycles. The van der Waals surface area contributed by atoms with E-state index in [1.54, 1.807) is 12.1 Å². The van der Waals surface area contributed by atoms with E-state index in [9.17, 15) is 8.42 Å². The van der Waals surface area contributed by atoms with Gasteiger partial charge >= 0.3 is 0 Å². The monoisotopic (exact) mass is 411 g/mol. The third-order valence-electron chi connectivity index (χ3n) is 3.69. The minimum atomic E-state index is -3.62. The van der Waals surface area contributed by atoms with E-state index in [0.29, 0.717) is 21.4 Å². The number of hydrogen-bond donors (Lipinski definition) is 0. The van der Waals surface area contributed by atoms with E-state index < -0.39 is 10.0 Å². The number of hydrogen-bond acceptors (Lipinski definition) is 5. The molecule has 0 N–H and O–H groups in total. The second-order valence-corrected chi connectivity index (χ2v) is 8.55. The molecule has 0 unspecified atom stereocenters. The van der Waals surface area contributed by atoms with Crippen LogP contribution in [0.2, 0.25) is 10.0 Å².